The topological polar surface area (TPSA) is 43.1 Å². The Hall–Kier alpha value is -2.46. The normalized spacial score (nSPS) is 11.2. The van der Waals surface area contributed by atoms with Gasteiger partial charge in [-0.1, -0.05) is 17.7 Å². The fraction of sp³-hybridized carbons (Fsp3) is 0. The lowest BCUT2D eigenvalue weighted by atomic mass is 10.2. The molecule has 3 aromatic heterocycles. The molecule has 0 N–H and O–H groups in total. The van der Waals surface area contributed by atoms with Crippen molar-refractivity contribution in [3.05, 3.63) is 60.0 Å². The van der Waals surface area contributed by atoms with E-state index in [0.717, 1.165) is 28.1 Å². The predicted octanol–water partition coefficient (Wildman–Crippen LogP) is 3.60. The van der Waals surface area contributed by atoms with Gasteiger partial charge in [0.25, 0.3) is 0 Å². The molecule has 0 aliphatic rings. The van der Waals surface area contributed by atoms with Crippen molar-refractivity contribution in [3.8, 4) is 11.4 Å². The Kier molecular flexibility index (Phi) is 2.44. The Balaban J connectivity index is 1.97. The van der Waals surface area contributed by atoms with Crippen LogP contribution < -0.4 is 0 Å². The quantitative estimate of drug-likeness (QED) is 0.535. The van der Waals surface area contributed by atoms with Crippen LogP contribution in [0.1, 0.15) is 0 Å². The van der Waals surface area contributed by atoms with Gasteiger partial charge in [0, 0.05) is 11.2 Å². The number of aromatic nitrogens is 4. The predicted molar refractivity (Wildman–Crippen MR) is 78.7 cm³/mol. The van der Waals surface area contributed by atoms with Crippen LogP contribution in [0.15, 0.2) is 55.0 Å². The molecule has 4 nitrogen and oxygen atoms in total. The summed E-state index contributed by atoms with van der Waals surface area (Å²) in [6.07, 6.45) is 5.52. The first-order valence-electron chi connectivity index (χ1n) is 6.16. The third kappa shape index (κ3) is 1.73. The highest BCUT2D eigenvalue weighted by atomic mass is 35.5. The average Bonchev–Trinajstić information content (AvgIpc) is 2.90. The second kappa shape index (κ2) is 4.28. The summed E-state index contributed by atoms with van der Waals surface area (Å²) < 4.78 is 1.99. The summed E-state index contributed by atoms with van der Waals surface area (Å²) in [4.78, 5) is 13.4. The Morgan fingerprint density at radius 2 is 1.90 bits per heavy atom. The Bertz CT molecular complexity index is 929. The first-order valence-corrected chi connectivity index (χ1v) is 6.54. The minimum absolute atomic E-state index is 0.655. The minimum atomic E-state index is 0.655. The largest absolute Gasteiger partial charge is 0.298 e. The van der Waals surface area contributed by atoms with Crippen LogP contribution in [0.3, 0.4) is 0 Å². The lowest BCUT2D eigenvalue weighted by molar-refractivity contribution is 1.16. The molecule has 96 valence electrons. The molecule has 0 fully saturated rings. The van der Waals surface area contributed by atoms with Crippen molar-refractivity contribution in [2.75, 3.05) is 0 Å². The van der Waals surface area contributed by atoms with Crippen LogP contribution in [0, 0.1) is 0 Å². The summed E-state index contributed by atoms with van der Waals surface area (Å²) in [7, 11) is 0. The van der Waals surface area contributed by atoms with Gasteiger partial charge in [-0.3, -0.25) is 9.38 Å². The van der Waals surface area contributed by atoms with Gasteiger partial charge in [0.2, 0.25) is 0 Å². The first kappa shape index (κ1) is 11.4. The number of halogens is 1. The van der Waals surface area contributed by atoms with Crippen molar-refractivity contribution in [3.63, 3.8) is 0 Å². The second-order valence-electron chi connectivity index (χ2n) is 4.46. The molecule has 0 saturated carbocycles. The van der Waals surface area contributed by atoms with E-state index in [0.29, 0.717) is 5.02 Å². The van der Waals surface area contributed by atoms with E-state index in [1.807, 2.05) is 47.0 Å². The number of nitrogens with zero attached hydrogens (tertiary/aromatic N) is 4. The van der Waals surface area contributed by atoms with Crippen LogP contribution in [0.4, 0.5) is 0 Å². The SMILES string of the molecule is Clc1ccc2ncc(-c3cnc4ccccn34)nc2c1. The third-order valence-electron chi connectivity index (χ3n) is 3.18. The zero-order chi connectivity index (χ0) is 13.5. The van der Waals surface area contributed by atoms with Crippen molar-refractivity contribution in [1.29, 1.82) is 0 Å². The molecule has 20 heavy (non-hydrogen) atoms. The molecule has 0 unspecified atom stereocenters. The van der Waals surface area contributed by atoms with Gasteiger partial charge in [0.05, 0.1) is 29.1 Å². The average molecular weight is 281 g/mol. The Morgan fingerprint density at radius 1 is 0.950 bits per heavy atom. The van der Waals surface area contributed by atoms with Crippen LogP contribution in [-0.4, -0.2) is 19.4 Å². The summed E-state index contributed by atoms with van der Waals surface area (Å²) in [5.41, 5.74) is 4.18. The summed E-state index contributed by atoms with van der Waals surface area (Å²) in [5, 5.41) is 0.655. The molecule has 0 aliphatic carbocycles. The molecule has 1 aromatic carbocycles. The maximum atomic E-state index is 6.01. The first-order chi connectivity index (χ1) is 9.81. The van der Waals surface area contributed by atoms with E-state index in [4.69, 9.17) is 11.6 Å². The fourth-order valence-electron chi connectivity index (χ4n) is 2.23. The van der Waals surface area contributed by atoms with Gasteiger partial charge >= 0.3 is 0 Å². The molecule has 0 aliphatic heterocycles. The smallest absolute Gasteiger partial charge is 0.137 e. The molecule has 0 spiro atoms. The molecule has 5 heteroatoms. The number of rotatable bonds is 1. The van der Waals surface area contributed by atoms with Gasteiger partial charge in [0.15, 0.2) is 0 Å². The van der Waals surface area contributed by atoms with Crippen molar-refractivity contribution in [2.24, 2.45) is 0 Å². The molecular weight excluding hydrogens is 272 g/mol. The molecule has 0 bridgehead atoms. The van der Waals surface area contributed by atoms with Crippen molar-refractivity contribution < 1.29 is 0 Å². The molecule has 0 amide bonds. The summed E-state index contributed by atoms with van der Waals surface area (Å²) in [6.45, 7) is 0. The highest BCUT2D eigenvalue weighted by Gasteiger charge is 2.08. The number of benzene rings is 1. The maximum absolute atomic E-state index is 6.01. The minimum Gasteiger partial charge on any atom is -0.298 e. The number of hydrogen-bond acceptors (Lipinski definition) is 3. The van der Waals surface area contributed by atoms with Crippen LogP contribution >= 0.6 is 11.6 Å². The molecular formula is C15H9ClN4. The van der Waals surface area contributed by atoms with E-state index >= 15 is 0 Å². The lowest BCUT2D eigenvalue weighted by Crippen LogP contribution is -1.92. The van der Waals surface area contributed by atoms with E-state index in [1.165, 1.54) is 0 Å². The van der Waals surface area contributed by atoms with Crippen molar-refractivity contribution in [2.45, 2.75) is 0 Å². The van der Waals surface area contributed by atoms with E-state index in [1.54, 1.807) is 12.4 Å². The number of fused-ring (bicyclic) bond motifs is 2. The monoisotopic (exact) mass is 280 g/mol. The lowest BCUT2D eigenvalue weighted by Gasteiger charge is -2.03. The highest BCUT2D eigenvalue weighted by molar-refractivity contribution is 6.31. The standard InChI is InChI=1S/C15H9ClN4/c16-10-4-5-11-12(7-10)19-13(8-17-11)14-9-18-15-3-1-2-6-20(14)15/h1-9H. The molecule has 0 atom stereocenters. The van der Waals surface area contributed by atoms with Crippen molar-refractivity contribution in [1.82, 2.24) is 19.4 Å². The second-order valence-corrected chi connectivity index (χ2v) is 4.90. The third-order valence-corrected chi connectivity index (χ3v) is 3.42. The van der Waals surface area contributed by atoms with Gasteiger partial charge < -0.3 is 0 Å². The Labute approximate surface area is 119 Å². The number of hydrogen-bond donors (Lipinski definition) is 0. The fourth-order valence-corrected chi connectivity index (χ4v) is 2.40. The Morgan fingerprint density at radius 3 is 2.85 bits per heavy atom. The van der Waals surface area contributed by atoms with Gasteiger partial charge in [0.1, 0.15) is 11.3 Å². The molecule has 3 heterocycles. The van der Waals surface area contributed by atoms with Crippen LogP contribution in [0.25, 0.3) is 28.1 Å². The summed E-state index contributed by atoms with van der Waals surface area (Å²) in [6, 6.07) is 11.4. The maximum Gasteiger partial charge on any atom is 0.137 e. The zero-order valence-electron chi connectivity index (χ0n) is 10.4. The highest BCUT2D eigenvalue weighted by Crippen LogP contribution is 2.22. The van der Waals surface area contributed by atoms with Gasteiger partial charge in [-0.15, -0.1) is 0 Å². The van der Waals surface area contributed by atoms with Crippen LogP contribution in [0.2, 0.25) is 5.02 Å². The van der Waals surface area contributed by atoms with Gasteiger partial charge in [-0.25, -0.2) is 9.97 Å². The zero-order valence-corrected chi connectivity index (χ0v) is 11.1. The molecule has 0 radical (unpaired) electrons. The van der Waals surface area contributed by atoms with Crippen LogP contribution in [0.5, 0.6) is 0 Å². The van der Waals surface area contributed by atoms with Gasteiger partial charge in [-0.2, -0.15) is 0 Å². The number of imidazole rings is 1. The van der Waals surface area contributed by atoms with Crippen LogP contribution in [-0.2, 0) is 0 Å². The van der Waals surface area contributed by atoms with E-state index in [2.05, 4.69) is 15.0 Å². The summed E-state index contributed by atoms with van der Waals surface area (Å²) in [5.74, 6) is 0. The van der Waals surface area contributed by atoms with Gasteiger partial charge in [-0.05, 0) is 30.3 Å². The molecule has 0 saturated heterocycles. The van der Waals surface area contributed by atoms with E-state index in [9.17, 15) is 0 Å². The number of pyridine rings is 1. The summed E-state index contributed by atoms with van der Waals surface area (Å²) >= 11 is 6.01. The molecule has 4 aromatic rings. The van der Waals surface area contributed by atoms with E-state index in [-0.39, 0.29) is 0 Å². The van der Waals surface area contributed by atoms with E-state index < -0.39 is 0 Å². The molecule has 4 rings (SSSR count). The van der Waals surface area contributed by atoms with Crippen molar-refractivity contribution >= 4 is 28.3 Å².